The van der Waals surface area contributed by atoms with E-state index >= 15 is 0 Å². The summed E-state index contributed by atoms with van der Waals surface area (Å²) < 4.78 is 15.9. The topological polar surface area (TPSA) is 41.5 Å². The highest BCUT2D eigenvalue weighted by molar-refractivity contribution is 9.10. The number of nitrogens with one attached hydrogen (secondary N) is 1. The normalized spacial score (nSPS) is 11.8. The molecule has 0 radical (unpaired) electrons. The van der Waals surface area contributed by atoms with E-state index in [1.54, 1.807) is 6.07 Å². The number of benzene rings is 2. The minimum absolute atomic E-state index is 0.202. The monoisotopic (exact) mass is 390 g/mol. The van der Waals surface area contributed by atoms with Crippen LogP contribution in [0.1, 0.15) is 37.5 Å². The lowest BCUT2D eigenvalue weighted by Gasteiger charge is -2.22. The number of hydrogen-bond donors (Lipinski definition) is 1. The third kappa shape index (κ3) is 3.90. The van der Waals surface area contributed by atoms with Crippen molar-refractivity contribution in [2.24, 2.45) is 5.10 Å². The van der Waals surface area contributed by atoms with Crippen molar-refractivity contribution in [1.82, 2.24) is 5.43 Å². The van der Waals surface area contributed by atoms with Gasteiger partial charge in [-0.25, -0.2) is 9.82 Å². The van der Waals surface area contributed by atoms with Crippen molar-refractivity contribution in [3.8, 4) is 11.1 Å². The lowest BCUT2D eigenvalue weighted by Crippen LogP contribution is -2.13. The van der Waals surface area contributed by atoms with E-state index < -0.39 is 0 Å². The Bertz CT molecular complexity index is 795. The summed E-state index contributed by atoms with van der Waals surface area (Å²) in [5.41, 5.74) is 5.72. The maximum absolute atomic E-state index is 15.0. The fourth-order valence-corrected chi connectivity index (χ4v) is 2.83. The van der Waals surface area contributed by atoms with Crippen LogP contribution in [0.5, 0.6) is 0 Å². The maximum Gasteiger partial charge on any atom is 0.227 e. The molecule has 0 saturated heterocycles. The van der Waals surface area contributed by atoms with Gasteiger partial charge < -0.3 is 0 Å². The smallest absolute Gasteiger partial charge is 0.227 e. The SMILES string of the molecule is Cc1c(Br)cccc1-c1c(F)cc(C(C)(C)C)cc1/C=N\NC=O. The van der Waals surface area contributed by atoms with E-state index in [2.05, 4.69) is 26.5 Å². The standard InChI is InChI=1S/C19H20BrFN2O/c1-12-15(6-5-7-16(12)20)18-13(10-22-23-11-24)8-14(9-17(18)21)19(2,3)4/h5-11H,1-4H3,(H,23,24)/b22-10-. The van der Waals surface area contributed by atoms with Crippen LogP contribution in [0.4, 0.5) is 4.39 Å². The molecular formula is C19H20BrFN2O. The third-order valence-electron chi connectivity index (χ3n) is 3.85. The molecular weight excluding hydrogens is 371 g/mol. The van der Waals surface area contributed by atoms with Crippen molar-refractivity contribution < 1.29 is 9.18 Å². The lowest BCUT2D eigenvalue weighted by molar-refractivity contribution is -0.109. The van der Waals surface area contributed by atoms with Gasteiger partial charge >= 0.3 is 0 Å². The summed E-state index contributed by atoms with van der Waals surface area (Å²) in [6, 6.07) is 9.14. The van der Waals surface area contributed by atoms with E-state index in [4.69, 9.17) is 0 Å². The molecule has 0 fully saturated rings. The van der Waals surface area contributed by atoms with Crippen LogP contribution in [0, 0.1) is 12.7 Å². The molecule has 0 aromatic heterocycles. The quantitative estimate of drug-likeness (QED) is 0.448. The number of carbonyl (C=O) groups is 1. The molecule has 0 aliphatic heterocycles. The number of hydrazone groups is 1. The molecule has 0 saturated carbocycles. The largest absolute Gasteiger partial charge is 0.277 e. The molecule has 5 heteroatoms. The predicted molar refractivity (Wildman–Crippen MR) is 99.8 cm³/mol. The van der Waals surface area contributed by atoms with Gasteiger partial charge in [0.15, 0.2) is 0 Å². The Hall–Kier alpha value is -2.01. The van der Waals surface area contributed by atoms with Gasteiger partial charge in [-0.15, -0.1) is 0 Å². The first-order valence-electron chi connectivity index (χ1n) is 7.57. The van der Waals surface area contributed by atoms with Gasteiger partial charge in [-0.1, -0.05) is 48.8 Å². The Kier molecular flexibility index (Phi) is 5.54. The van der Waals surface area contributed by atoms with Gasteiger partial charge in [0.1, 0.15) is 5.82 Å². The van der Waals surface area contributed by atoms with Crippen molar-refractivity contribution >= 4 is 28.6 Å². The van der Waals surface area contributed by atoms with Gasteiger partial charge in [-0.05, 0) is 47.2 Å². The van der Waals surface area contributed by atoms with Crippen molar-refractivity contribution in [3.63, 3.8) is 0 Å². The van der Waals surface area contributed by atoms with Gasteiger partial charge in [0.2, 0.25) is 6.41 Å². The highest BCUT2D eigenvalue weighted by Crippen LogP contribution is 2.35. The Morgan fingerprint density at radius 3 is 2.58 bits per heavy atom. The summed E-state index contributed by atoms with van der Waals surface area (Å²) in [6.45, 7) is 8.00. The Morgan fingerprint density at radius 1 is 1.25 bits per heavy atom. The van der Waals surface area contributed by atoms with Crippen LogP contribution in [0.15, 0.2) is 39.9 Å². The average molecular weight is 391 g/mol. The van der Waals surface area contributed by atoms with E-state index in [-0.39, 0.29) is 11.2 Å². The van der Waals surface area contributed by atoms with Gasteiger partial charge in [0.05, 0.1) is 6.21 Å². The van der Waals surface area contributed by atoms with Crippen molar-refractivity contribution in [2.75, 3.05) is 0 Å². The van der Waals surface area contributed by atoms with E-state index in [0.717, 1.165) is 21.2 Å². The molecule has 2 aromatic rings. The summed E-state index contributed by atoms with van der Waals surface area (Å²) in [5, 5.41) is 3.84. The first kappa shape index (κ1) is 18.3. The molecule has 3 nitrogen and oxygen atoms in total. The second-order valence-electron chi connectivity index (χ2n) is 6.59. The molecule has 0 unspecified atom stereocenters. The zero-order chi connectivity index (χ0) is 17.9. The van der Waals surface area contributed by atoms with E-state index in [1.807, 2.05) is 52.0 Å². The van der Waals surface area contributed by atoms with Crippen LogP contribution in [0.3, 0.4) is 0 Å². The van der Waals surface area contributed by atoms with Gasteiger partial charge in [-0.3, -0.25) is 4.79 Å². The summed E-state index contributed by atoms with van der Waals surface area (Å²) in [6.07, 6.45) is 1.95. The Morgan fingerprint density at radius 2 is 1.96 bits per heavy atom. The second kappa shape index (κ2) is 7.26. The van der Waals surface area contributed by atoms with Crippen LogP contribution >= 0.6 is 15.9 Å². The molecule has 0 bridgehead atoms. The molecule has 0 spiro atoms. The van der Waals surface area contributed by atoms with Crippen LogP contribution in [0.25, 0.3) is 11.1 Å². The number of hydrogen-bond acceptors (Lipinski definition) is 2. The molecule has 0 aliphatic carbocycles. The summed E-state index contributed by atoms with van der Waals surface area (Å²) in [5.74, 6) is -0.309. The van der Waals surface area contributed by atoms with E-state index in [0.29, 0.717) is 17.5 Å². The van der Waals surface area contributed by atoms with Crippen molar-refractivity contribution in [2.45, 2.75) is 33.1 Å². The molecule has 126 valence electrons. The third-order valence-corrected chi connectivity index (χ3v) is 4.71. The van der Waals surface area contributed by atoms with E-state index in [1.165, 1.54) is 6.21 Å². The fraction of sp³-hybridized carbons (Fsp3) is 0.263. The number of rotatable bonds is 4. The summed E-state index contributed by atoms with van der Waals surface area (Å²) >= 11 is 3.49. The first-order chi connectivity index (χ1) is 11.3. The Balaban J connectivity index is 2.73. The molecule has 1 amide bonds. The van der Waals surface area contributed by atoms with Crippen LogP contribution in [-0.4, -0.2) is 12.6 Å². The average Bonchev–Trinajstić information content (AvgIpc) is 2.50. The van der Waals surface area contributed by atoms with Crippen LogP contribution in [-0.2, 0) is 10.2 Å². The lowest BCUT2D eigenvalue weighted by atomic mass is 9.83. The van der Waals surface area contributed by atoms with Crippen LogP contribution in [0.2, 0.25) is 0 Å². The van der Waals surface area contributed by atoms with Gasteiger partial charge in [-0.2, -0.15) is 5.10 Å². The zero-order valence-electron chi connectivity index (χ0n) is 14.2. The summed E-state index contributed by atoms with van der Waals surface area (Å²) in [4.78, 5) is 10.4. The highest BCUT2D eigenvalue weighted by atomic mass is 79.9. The highest BCUT2D eigenvalue weighted by Gasteiger charge is 2.20. The molecule has 2 aromatic carbocycles. The van der Waals surface area contributed by atoms with Crippen molar-refractivity contribution in [3.05, 3.63) is 57.3 Å². The molecule has 2 rings (SSSR count). The first-order valence-corrected chi connectivity index (χ1v) is 8.36. The van der Waals surface area contributed by atoms with Crippen molar-refractivity contribution in [1.29, 1.82) is 0 Å². The second-order valence-corrected chi connectivity index (χ2v) is 7.44. The number of halogens is 2. The molecule has 24 heavy (non-hydrogen) atoms. The number of nitrogens with zero attached hydrogens (tertiary/aromatic N) is 1. The van der Waals surface area contributed by atoms with E-state index in [9.17, 15) is 9.18 Å². The predicted octanol–water partition coefficient (Wildman–Crippen LogP) is 4.94. The van der Waals surface area contributed by atoms with Gasteiger partial charge in [0, 0.05) is 15.6 Å². The minimum atomic E-state index is -0.309. The molecule has 0 heterocycles. The van der Waals surface area contributed by atoms with Crippen LogP contribution < -0.4 is 5.43 Å². The zero-order valence-corrected chi connectivity index (χ0v) is 15.7. The van der Waals surface area contributed by atoms with Gasteiger partial charge in [0.25, 0.3) is 0 Å². The summed E-state index contributed by atoms with van der Waals surface area (Å²) in [7, 11) is 0. The molecule has 0 aliphatic rings. The number of amides is 1. The molecule has 1 N–H and O–H groups in total. The fourth-order valence-electron chi connectivity index (χ4n) is 2.46. The minimum Gasteiger partial charge on any atom is -0.277 e. The maximum atomic E-state index is 15.0. The Labute approximate surface area is 150 Å². The number of carbonyl (C=O) groups excluding carboxylic acids is 1. The molecule has 0 atom stereocenters.